The van der Waals surface area contributed by atoms with Crippen molar-refractivity contribution < 1.29 is 9.84 Å². The van der Waals surface area contributed by atoms with Gasteiger partial charge in [-0.05, 0) is 25.3 Å². The summed E-state index contributed by atoms with van der Waals surface area (Å²) >= 11 is 0. The molecule has 1 fully saturated rings. The topological polar surface area (TPSA) is 32.7 Å². The fraction of sp³-hybridized carbons (Fsp3) is 1.00. The Kier molecular flexibility index (Phi) is 6.22. The van der Waals surface area contributed by atoms with Gasteiger partial charge in [-0.2, -0.15) is 0 Å². The van der Waals surface area contributed by atoms with Crippen LogP contribution < -0.4 is 0 Å². The van der Waals surface area contributed by atoms with Crippen molar-refractivity contribution in [2.24, 2.45) is 5.92 Å². The Morgan fingerprint density at radius 2 is 2.33 bits per heavy atom. The van der Waals surface area contributed by atoms with Crippen LogP contribution in [0.15, 0.2) is 0 Å². The Morgan fingerprint density at radius 3 is 2.93 bits per heavy atom. The SMILES string of the molecule is CCCCOCC(O)CN1CCC(C)C1. The molecule has 1 heterocycles. The first-order valence-corrected chi connectivity index (χ1v) is 6.20. The zero-order chi connectivity index (χ0) is 11.1. The predicted octanol–water partition coefficient (Wildman–Crippen LogP) is 1.51. The summed E-state index contributed by atoms with van der Waals surface area (Å²) in [4.78, 5) is 2.33. The molecule has 0 spiro atoms. The highest BCUT2D eigenvalue weighted by Gasteiger charge is 2.20. The lowest BCUT2D eigenvalue weighted by Crippen LogP contribution is -2.33. The molecule has 15 heavy (non-hydrogen) atoms. The van der Waals surface area contributed by atoms with Crippen molar-refractivity contribution in [1.29, 1.82) is 0 Å². The van der Waals surface area contributed by atoms with E-state index in [1.165, 1.54) is 6.42 Å². The molecule has 0 amide bonds. The zero-order valence-electron chi connectivity index (χ0n) is 10.1. The van der Waals surface area contributed by atoms with Gasteiger partial charge in [0.05, 0.1) is 12.7 Å². The molecular formula is C12H25NO2. The Labute approximate surface area is 93.4 Å². The minimum atomic E-state index is -0.313. The molecule has 2 unspecified atom stereocenters. The molecule has 0 aliphatic carbocycles. The number of nitrogens with zero attached hydrogens (tertiary/aromatic N) is 1. The third-order valence-corrected chi connectivity index (χ3v) is 2.93. The third-order valence-electron chi connectivity index (χ3n) is 2.93. The lowest BCUT2D eigenvalue weighted by molar-refractivity contribution is 0.0191. The normalized spacial score (nSPS) is 24.6. The second-order valence-electron chi connectivity index (χ2n) is 4.74. The summed E-state index contributed by atoms with van der Waals surface area (Å²) < 4.78 is 5.40. The highest BCUT2D eigenvalue weighted by molar-refractivity contribution is 4.74. The molecule has 0 bridgehead atoms. The van der Waals surface area contributed by atoms with Crippen LogP contribution in [0.3, 0.4) is 0 Å². The molecule has 0 saturated carbocycles. The van der Waals surface area contributed by atoms with E-state index in [0.717, 1.165) is 45.0 Å². The molecule has 2 atom stereocenters. The number of β-amino-alcohol motifs (C(OH)–C–C–N with tert-alkyl or cyclic N) is 1. The van der Waals surface area contributed by atoms with Crippen molar-refractivity contribution in [3.05, 3.63) is 0 Å². The highest BCUT2D eigenvalue weighted by Crippen LogP contribution is 2.14. The van der Waals surface area contributed by atoms with Gasteiger partial charge in [-0.15, -0.1) is 0 Å². The largest absolute Gasteiger partial charge is 0.389 e. The number of likely N-dealkylation sites (tertiary alicyclic amines) is 1. The van der Waals surface area contributed by atoms with E-state index in [9.17, 15) is 5.11 Å². The lowest BCUT2D eigenvalue weighted by atomic mass is 10.2. The average molecular weight is 215 g/mol. The van der Waals surface area contributed by atoms with E-state index >= 15 is 0 Å². The van der Waals surface area contributed by atoms with Crippen molar-refractivity contribution in [2.75, 3.05) is 32.8 Å². The van der Waals surface area contributed by atoms with Gasteiger partial charge in [-0.1, -0.05) is 20.3 Å². The first-order chi connectivity index (χ1) is 7.22. The molecule has 0 aromatic carbocycles. The van der Waals surface area contributed by atoms with E-state index in [2.05, 4.69) is 18.7 Å². The molecule has 3 nitrogen and oxygen atoms in total. The molecule has 3 heteroatoms. The lowest BCUT2D eigenvalue weighted by Gasteiger charge is -2.19. The van der Waals surface area contributed by atoms with E-state index < -0.39 is 0 Å². The van der Waals surface area contributed by atoms with Crippen LogP contribution in [-0.4, -0.2) is 49.0 Å². The second-order valence-corrected chi connectivity index (χ2v) is 4.74. The maximum absolute atomic E-state index is 9.73. The number of unbranched alkanes of at least 4 members (excludes halogenated alkanes) is 1. The number of aliphatic hydroxyl groups excluding tert-OH is 1. The van der Waals surface area contributed by atoms with Gasteiger partial charge in [0.2, 0.25) is 0 Å². The van der Waals surface area contributed by atoms with Crippen molar-refractivity contribution in [2.45, 2.75) is 39.2 Å². The summed E-state index contributed by atoms with van der Waals surface area (Å²) in [5, 5.41) is 9.73. The smallest absolute Gasteiger partial charge is 0.0900 e. The second kappa shape index (κ2) is 7.20. The Hall–Kier alpha value is -0.120. The molecule has 0 aromatic rings. The van der Waals surface area contributed by atoms with Crippen molar-refractivity contribution in [3.63, 3.8) is 0 Å². The molecule has 0 radical (unpaired) electrons. The highest BCUT2D eigenvalue weighted by atomic mass is 16.5. The van der Waals surface area contributed by atoms with Gasteiger partial charge in [0.1, 0.15) is 0 Å². The molecule has 1 aliphatic heterocycles. The first-order valence-electron chi connectivity index (χ1n) is 6.20. The van der Waals surface area contributed by atoms with Gasteiger partial charge >= 0.3 is 0 Å². The van der Waals surface area contributed by atoms with Gasteiger partial charge in [0.15, 0.2) is 0 Å². The minimum Gasteiger partial charge on any atom is -0.389 e. The van der Waals surface area contributed by atoms with Crippen molar-refractivity contribution in [1.82, 2.24) is 4.90 Å². The van der Waals surface area contributed by atoms with E-state index in [1.54, 1.807) is 0 Å². The Balaban J connectivity index is 2.00. The maximum Gasteiger partial charge on any atom is 0.0900 e. The maximum atomic E-state index is 9.73. The van der Waals surface area contributed by atoms with Crippen molar-refractivity contribution >= 4 is 0 Å². The van der Waals surface area contributed by atoms with Gasteiger partial charge in [-0.25, -0.2) is 0 Å². The summed E-state index contributed by atoms with van der Waals surface area (Å²) in [5.41, 5.74) is 0. The van der Waals surface area contributed by atoms with Crippen LogP contribution in [0.4, 0.5) is 0 Å². The fourth-order valence-corrected chi connectivity index (χ4v) is 2.01. The molecule has 1 N–H and O–H groups in total. The summed E-state index contributed by atoms with van der Waals surface area (Å²) in [6.45, 7) is 8.72. The van der Waals surface area contributed by atoms with Crippen LogP contribution in [0.5, 0.6) is 0 Å². The molecule has 1 saturated heterocycles. The number of rotatable bonds is 7. The first kappa shape index (κ1) is 12.9. The van der Waals surface area contributed by atoms with Gasteiger partial charge in [0, 0.05) is 19.7 Å². The molecule has 0 aromatic heterocycles. The predicted molar refractivity (Wildman–Crippen MR) is 62.0 cm³/mol. The summed E-state index contributed by atoms with van der Waals surface area (Å²) in [6, 6.07) is 0. The molecule has 1 rings (SSSR count). The van der Waals surface area contributed by atoms with E-state index in [0.29, 0.717) is 6.61 Å². The standard InChI is InChI=1S/C12H25NO2/c1-3-4-7-15-10-12(14)9-13-6-5-11(2)8-13/h11-12,14H,3-10H2,1-2H3. The van der Waals surface area contributed by atoms with Crippen LogP contribution >= 0.6 is 0 Å². The number of aliphatic hydroxyl groups is 1. The average Bonchev–Trinajstić information content (AvgIpc) is 2.59. The monoisotopic (exact) mass is 215 g/mol. The van der Waals surface area contributed by atoms with E-state index in [-0.39, 0.29) is 6.10 Å². The number of ether oxygens (including phenoxy) is 1. The third kappa shape index (κ3) is 5.50. The quantitative estimate of drug-likeness (QED) is 0.653. The fourth-order valence-electron chi connectivity index (χ4n) is 2.01. The van der Waals surface area contributed by atoms with E-state index in [4.69, 9.17) is 4.74 Å². The molecule has 1 aliphatic rings. The molecule has 90 valence electrons. The summed E-state index contributed by atoms with van der Waals surface area (Å²) in [6.07, 6.45) is 3.20. The summed E-state index contributed by atoms with van der Waals surface area (Å²) in [5.74, 6) is 0.790. The van der Waals surface area contributed by atoms with Gasteiger partial charge < -0.3 is 14.7 Å². The summed E-state index contributed by atoms with van der Waals surface area (Å²) in [7, 11) is 0. The minimum absolute atomic E-state index is 0.313. The van der Waals surface area contributed by atoms with Crippen LogP contribution in [-0.2, 0) is 4.74 Å². The van der Waals surface area contributed by atoms with Crippen LogP contribution in [0.1, 0.15) is 33.1 Å². The zero-order valence-corrected chi connectivity index (χ0v) is 10.1. The van der Waals surface area contributed by atoms with Crippen molar-refractivity contribution in [3.8, 4) is 0 Å². The van der Waals surface area contributed by atoms with Crippen LogP contribution in [0.2, 0.25) is 0 Å². The Bertz CT molecular complexity index is 164. The Morgan fingerprint density at radius 1 is 1.53 bits per heavy atom. The van der Waals surface area contributed by atoms with Gasteiger partial charge in [-0.3, -0.25) is 0 Å². The van der Waals surface area contributed by atoms with E-state index in [1.807, 2.05) is 0 Å². The number of hydrogen-bond donors (Lipinski definition) is 1. The van der Waals surface area contributed by atoms with Gasteiger partial charge in [0.25, 0.3) is 0 Å². The van der Waals surface area contributed by atoms with Crippen LogP contribution in [0.25, 0.3) is 0 Å². The van der Waals surface area contributed by atoms with Crippen LogP contribution in [0, 0.1) is 5.92 Å². The molecular weight excluding hydrogens is 190 g/mol. The number of hydrogen-bond acceptors (Lipinski definition) is 3.